The molecule has 0 fully saturated rings. The molecule has 11 heteroatoms. The molecule has 2 aromatic rings. The van der Waals surface area contributed by atoms with Crippen molar-refractivity contribution in [3.05, 3.63) is 59.7 Å². The van der Waals surface area contributed by atoms with Crippen LogP contribution in [-0.2, 0) is 4.79 Å². The number of halogens is 7. The fourth-order valence-electron chi connectivity index (χ4n) is 2.16. The first-order valence-corrected chi connectivity index (χ1v) is 12.3. The summed E-state index contributed by atoms with van der Waals surface area (Å²) in [6.07, 6.45) is 0. The van der Waals surface area contributed by atoms with Crippen LogP contribution in [0.1, 0.15) is 22.3 Å². The molecule has 29 heavy (non-hydrogen) atoms. The molecule has 164 valence electrons. The van der Waals surface area contributed by atoms with Gasteiger partial charge in [-0.1, -0.05) is 6.07 Å². The molecular formula is C18H20F6IO3P. The van der Waals surface area contributed by atoms with Gasteiger partial charge >= 0.3 is 60.2 Å². The second-order valence-electron chi connectivity index (χ2n) is 6.26. The van der Waals surface area contributed by atoms with Gasteiger partial charge in [-0.05, 0) is 63.1 Å². The van der Waals surface area contributed by atoms with Crippen LogP contribution in [0.3, 0.4) is 0 Å². The summed E-state index contributed by atoms with van der Waals surface area (Å²) in [5.74, 6) is -0.359. The Kier molecular flexibility index (Phi) is 7.29. The first-order valence-electron chi connectivity index (χ1n) is 8.06. The molecule has 0 bridgehead atoms. The molecule has 0 aliphatic carbocycles. The second-order valence-corrected chi connectivity index (χ2v) is 11.0. The van der Waals surface area contributed by atoms with Crippen molar-refractivity contribution < 1.29 is 61.0 Å². The van der Waals surface area contributed by atoms with Crippen molar-refractivity contribution in [1.82, 2.24) is 0 Å². The Labute approximate surface area is 174 Å². The number of aryl methyl sites for hydroxylation is 2. The van der Waals surface area contributed by atoms with Gasteiger partial charge in [0.25, 0.3) is 0 Å². The summed E-state index contributed by atoms with van der Waals surface area (Å²) in [5.41, 5.74) is 5.47. The van der Waals surface area contributed by atoms with Gasteiger partial charge in [-0.15, -0.1) is 0 Å². The number of benzene rings is 2. The Morgan fingerprint density at radius 3 is 1.72 bits per heavy atom. The van der Waals surface area contributed by atoms with Gasteiger partial charge in [-0.3, -0.25) is 0 Å². The second kappa shape index (κ2) is 8.29. The van der Waals surface area contributed by atoms with Gasteiger partial charge in [-0.25, -0.2) is 4.79 Å². The summed E-state index contributed by atoms with van der Waals surface area (Å²) in [6, 6.07) is 10.0. The molecule has 0 saturated carbocycles. The van der Waals surface area contributed by atoms with Gasteiger partial charge in [0.15, 0.2) is 10.2 Å². The third kappa shape index (κ3) is 11.3. The third-order valence-electron chi connectivity index (χ3n) is 3.65. The molecule has 1 N–H and O–H groups in total. The zero-order chi connectivity index (χ0) is 22.7. The maximum atomic E-state index is 10.5. The molecule has 2 aromatic carbocycles. The Balaban J connectivity index is 0.000000516. The van der Waals surface area contributed by atoms with E-state index in [4.69, 9.17) is 9.84 Å². The molecule has 2 rings (SSSR count). The summed E-state index contributed by atoms with van der Waals surface area (Å²) in [4.78, 5) is 10.5. The van der Waals surface area contributed by atoms with Gasteiger partial charge in [0.05, 0.1) is 0 Å². The van der Waals surface area contributed by atoms with Crippen LogP contribution in [-0.4, -0.2) is 17.7 Å². The number of aliphatic carboxylic acids is 1. The van der Waals surface area contributed by atoms with Crippen molar-refractivity contribution >= 4 is 13.8 Å². The fraction of sp³-hybridized carbons (Fsp3) is 0.278. The quantitative estimate of drug-likeness (QED) is 0.346. The van der Waals surface area contributed by atoms with E-state index in [1.807, 2.05) is 24.3 Å². The molecule has 0 aliphatic heterocycles. The Morgan fingerprint density at radius 2 is 1.34 bits per heavy atom. The SMILES string of the molecule is Cc1cc(C)c(C)c([I+]c2ccc(OCC(=O)O)cc2)c1C.F[P-](F)(F)(F)(F)F. The average Bonchev–Trinajstić information content (AvgIpc) is 2.53. The van der Waals surface area contributed by atoms with E-state index in [-0.39, 0.29) is 27.8 Å². The van der Waals surface area contributed by atoms with Crippen molar-refractivity contribution in [2.75, 3.05) is 6.61 Å². The molecule has 0 unspecified atom stereocenters. The summed E-state index contributed by atoms with van der Waals surface area (Å²) in [6.45, 7) is 8.42. The molecule has 0 amide bonds. The van der Waals surface area contributed by atoms with E-state index in [9.17, 15) is 30.0 Å². The third-order valence-corrected chi connectivity index (χ3v) is 7.15. The van der Waals surface area contributed by atoms with Crippen LogP contribution in [0, 0.1) is 34.8 Å². The van der Waals surface area contributed by atoms with Crippen LogP contribution in [0.25, 0.3) is 0 Å². The molecule has 0 radical (unpaired) electrons. The van der Waals surface area contributed by atoms with Crippen LogP contribution in [0.2, 0.25) is 0 Å². The minimum atomic E-state index is -10.7. The predicted molar refractivity (Wildman–Crippen MR) is 95.9 cm³/mol. The van der Waals surface area contributed by atoms with Crippen molar-refractivity contribution in [2.24, 2.45) is 0 Å². The Hall–Kier alpha value is -1.55. The van der Waals surface area contributed by atoms with Crippen molar-refractivity contribution in [2.45, 2.75) is 27.7 Å². The van der Waals surface area contributed by atoms with Crippen LogP contribution < -0.4 is 25.9 Å². The summed E-state index contributed by atoms with van der Waals surface area (Å²) < 4.78 is 67.2. The Morgan fingerprint density at radius 1 is 0.931 bits per heavy atom. The molecule has 3 nitrogen and oxygen atoms in total. The fourth-order valence-corrected chi connectivity index (χ4v) is 5.16. The number of rotatable bonds is 5. The van der Waals surface area contributed by atoms with E-state index in [1.54, 1.807) is 0 Å². The molecular weight excluding hydrogens is 536 g/mol. The van der Waals surface area contributed by atoms with Gasteiger partial charge in [0.1, 0.15) is 5.75 Å². The van der Waals surface area contributed by atoms with Gasteiger partial charge in [-0.2, -0.15) is 0 Å². The topological polar surface area (TPSA) is 46.5 Å². The minimum absolute atomic E-state index is 0.255. The van der Waals surface area contributed by atoms with Crippen LogP contribution in [0.5, 0.6) is 5.75 Å². The van der Waals surface area contributed by atoms with E-state index in [1.165, 1.54) is 29.4 Å². The monoisotopic (exact) mass is 556 g/mol. The van der Waals surface area contributed by atoms with Crippen LogP contribution in [0.15, 0.2) is 30.3 Å². The van der Waals surface area contributed by atoms with Crippen LogP contribution >= 0.6 is 7.81 Å². The van der Waals surface area contributed by atoms with E-state index < -0.39 is 13.8 Å². The van der Waals surface area contributed by atoms with Gasteiger partial charge in [0, 0.05) is 11.1 Å². The van der Waals surface area contributed by atoms with Crippen molar-refractivity contribution in [1.29, 1.82) is 0 Å². The number of carboxylic acid groups (broad SMARTS) is 1. The first kappa shape index (κ1) is 25.5. The van der Waals surface area contributed by atoms with E-state index in [0.29, 0.717) is 5.75 Å². The van der Waals surface area contributed by atoms with E-state index in [0.717, 1.165) is 0 Å². The van der Waals surface area contributed by atoms with Gasteiger partial charge in [0.2, 0.25) is 3.57 Å². The normalized spacial score (nSPS) is 13.6. The molecule has 0 aromatic heterocycles. The predicted octanol–water partition coefficient (Wildman–Crippen LogP) is 3.89. The van der Waals surface area contributed by atoms with Gasteiger partial charge < -0.3 is 9.84 Å². The van der Waals surface area contributed by atoms with Crippen LogP contribution in [0.4, 0.5) is 25.2 Å². The zero-order valence-corrected chi connectivity index (χ0v) is 19.0. The van der Waals surface area contributed by atoms with E-state index in [2.05, 4.69) is 33.8 Å². The van der Waals surface area contributed by atoms with E-state index >= 15 is 0 Å². The standard InChI is InChI=1S/C18H19IO3.F6P/c1-11-9-12(2)14(4)18(13(11)3)19-15-5-7-16(8-6-15)22-10-17(20)21;1-7(2,3,4,5)6/h5-9H,10H2,1-4H3;/q;-1/p+1. The number of carbonyl (C=O) groups is 1. The number of hydrogen-bond acceptors (Lipinski definition) is 2. The van der Waals surface area contributed by atoms with Crippen molar-refractivity contribution in [3.63, 3.8) is 0 Å². The summed E-state index contributed by atoms with van der Waals surface area (Å²) in [7, 11) is -10.7. The number of ether oxygens (including phenoxy) is 1. The summed E-state index contributed by atoms with van der Waals surface area (Å²) in [5, 5.41) is 8.62. The molecule has 0 atom stereocenters. The Bertz CT molecular complexity index is 859. The summed E-state index contributed by atoms with van der Waals surface area (Å²) >= 11 is -0.255. The molecule has 0 heterocycles. The van der Waals surface area contributed by atoms with Crippen molar-refractivity contribution in [3.8, 4) is 5.75 Å². The zero-order valence-electron chi connectivity index (χ0n) is 16.0. The maximum absolute atomic E-state index is 10.7. The average molecular weight is 556 g/mol. The number of carboxylic acids is 1. The molecule has 0 spiro atoms. The molecule has 0 saturated heterocycles. The molecule has 0 aliphatic rings. The first-order chi connectivity index (χ1) is 12.8. The number of hydrogen-bond donors (Lipinski definition) is 1.